The number of pyridine rings is 1. The molecule has 156 valence electrons. The van der Waals surface area contributed by atoms with E-state index in [1.807, 2.05) is 0 Å². The van der Waals surface area contributed by atoms with Crippen LogP contribution in [-0.4, -0.2) is 51.9 Å². The van der Waals surface area contributed by atoms with Crippen molar-refractivity contribution in [3.63, 3.8) is 0 Å². The Morgan fingerprint density at radius 1 is 1.24 bits per heavy atom. The Bertz CT molecular complexity index is 807. The number of likely N-dealkylation sites (tertiary alicyclic amines) is 1. The number of amides is 3. The highest BCUT2D eigenvalue weighted by Gasteiger charge is 2.42. The molecule has 2 fully saturated rings. The molecule has 1 saturated carbocycles. The number of rotatable bonds is 3. The molecule has 1 aromatic rings. The second-order valence-corrected chi connectivity index (χ2v) is 8.42. The smallest absolute Gasteiger partial charge is 0.256 e. The highest BCUT2D eigenvalue weighted by molar-refractivity contribution is 6.01. The number of carbonyl (C=O) groups is 3. The van der Waals surface area contributed by atoms with Crippen LogP contribution in [-0.2, 0) is 9.59 Å². The molecule has 8 nitrogen and oxygen atoms in total. The van der Waals surface area contributed by atoms with E-state index in [2.05, 4.69) is 20.9 Å². The molecule has 3 heterocycles. The summed E-state index contributed by atoms with van der Waals surface area (Å²) in [6.07, 6.45) is 8.42. The molecule has 1 aromatic heterocycles. The molecule has 4 rings (SSSR count). The van der Waals surface area contributed by atoms with Crippen molar-refractivity contribution < 1.29 is 14.4 Å². The van der Waals surface area contributed by atoms with Gasteiger partial charge in [-0.3, -0.25) is 14.4 Å². The molecule has 2 atom stereocenters. The zero-order valence-electron chi connectivity index (χ0n) is 16.9. The fraction of sp³-hybridized carbons (Fsp3) is 0.619. The van der Waals surface area contributed by atoms with Crippen LogP contribution >= 0.6 is 0 Å². The molecular weight excluding hydrogens is 370 g/mol. The Labute approximate surface area is 170 Å². The lowest BCUT2D eigenvalue weighted by molar-refractivity contribution is -0.139. The first-order valence-corrected chi connectivity index (χ1v) is 10.6. The summed E-state index contributed by atoms with van der Waals surface area (Å²) in [7, 11) is 0. The van der Waals surface area contributed by atoms with Gasteiger partial charge in [-0.2, -0.15) is 0 Å². The van der Waals surface area contributed by atoms with Gasteiger partial charge in [-0.25, -0.2) is 4.98 Å². The highest BCUT2D eigenvalue weighted by Crippen LogP contribution is 2.31. The zero-order chi connectivity index (χ0) is 20.4. The molecule has 0 aromatic carbocycles. The number of fused-ring (bicyclic) bond motifs is 1. The lowest BCUT2D eigenvalue weighted by Crippen LogP contribution is -2.58. The van der Waals surface area contributed by atoms with Crippen LogP contribution in [0, 0.1) is 0 Å². The first-order chi connectivity index (χ1) is 14.0. The molecule has 3 amide bonds. The monoisotopic (exact) mass is 399 g/mol. The van der Waals surface area contributed by atoms with Gasteiger partial charge < -0.3 is 20.9 Å². The summed E-state index contributed by atoms with van der Waals surface area (Å²) in [6, 6.07) is 3.14. The Hall–Kier alpha value is -2.64. The number of nitrogens with zero attached hydrogens (tertiary/aromatic N) is 2. The molecule has 0 radical (unpaired) electrons. The first-order valence-electron chi connectivity index (χ1n) is 10.6. The minimum absolute atomic E-state index is 0.0592. The van der Waals surface area contributed by atoms with E-state index in [0.29, 0.717) is 30.8 Å². The average Bonchev–Trinajstić information content (AvgIpc) is 2.87. The number of carbonyl (C=O) groups excluding carboxylic acids is 3. The van der Waals surface area contributed by atoms with Crippen LogP contribution in [0.15, 0.2) is 18.3 Å². The number of aromatic nitrogens is 1. The van der Waals surface area contributed by atoms with Crippen molar-refractivity contribution in [1.29, 1.82) is 0 Å². The van der Waals surface area contributed by atoms with Crippen LogP contribution in [0.3, 0.4) is 0 Å². The predicted molar refractivity (Wildman–Crippen MR) is 108 cm³/mol. The Morgan fingerprint density at radius 3 is 2.83 bits per heavy atom. The summed E-state index contributed by atoms with van der Waals surface area (Å²) in [6.45, 7) is 2.19. The van der Waals surface area contributed by atoms with Gasteiger partial charge in [0.1, 0.15) is 17.5 Å². The maximum Gasteiger partial charge on any atom is 0.256 e. The largest absolute Gasteiger partial charge is 0.352 e. The fourth-order valence-electron chi connectivity index (χ4n) is 4.63. The number of hydrogen-bond donors (Lipinski definition) is 3. The summed E-state index contributed by atoms with van der Waals surface area (Å²) >= 11 is 0. The zero-order valence-corrected chi connectivity index (χ0v) is 16.9. The summed E-state index contributed by atoms with van der Waals surface area (Å²) in [5.74, 6) is 0.209. The third-order valence-electron chi connectivity index (χ3n) is 6.43. The lowest BCUT2D eigenvalue weighted by Gasteiger charge is -2.39. The standard InChI is InChI=1S/C21H29N5O3/c1-14(19(28)23-15-6-3-2-4-7-15)26-13-11-21(10-9-17(26)27)24-18-16(20(29)25-21)8-5-12-22-18/h5,8,12,14-15H,2-4,6-7,9-11,13H2,1H3,(H,22,24)(H,23,28)(H,25,29). The minimum Gasteiger partial charge on any atom is -0.352 e. The van der Waals surface area contributed by atoms with Crippen LogP contribution in [0.4, 0.5) is 5.82 Å². The van der Waals surface area contributed by atoms with Crippen LogP contribution < -0.4 is 16.0 Å². The van der Waals surface area contributed by atoms with Gasteiger partial charge in [0, 0.05) is 31.6 Å². The number of nitrogens with one attached hydrogen (secondary N) is 3. The van der Waals surface area contributed by atoms with Gasteiger partial charge in [0.05, 0.1) is 5.56 Å². The van der Waals surface area contributed by atoms with Gasteiger partial charge in [-0.05, 0) is 38.3 Å². The van der Waals surface area contributed by atoms with Crippen LogP contribution in [0.2, 0.25) is 0 Å². The van der Waals surface area contributed by atoms with E-state index in [4.69, 9.17) is 0 Å². The third-order valence-corrected chi connectivity index (χ3v) is 6.43. The molecule has 2 unspecified atom stereocenters. The SMILES string of the molecule is CC(C(=O)NC1CCCCC1)N1CCC2(CCC1=O)NC(=O)c1cccnc1N2. The molecule has 1 spiro atoms. The van der Waals surface area contributed by atoms with E-state index in [0.717, 1.165) is 25.7 Å². The third kappa shape index (κ3) is 4.06. The van der Waals surface area contributed by atoms with Gasteiger partial charge in [-0.1, -0.05) is 19.3 Å². The van der Waals surface area contributed by atoms with Crippen molar-refractivity contribution in [2.75, 3.05) is 11.9 Å². The van der Waals surface area contributed by atoms with Gasteiger partial charge in [-0.15, -0.1) is 0 Å². The molecular formula is C21H29N5O3. The molecule has 2 aliphatic heterocycles. The van der Waals surface area contributed by atoms with E-state index in [9.17, 15) is 14.4 Å². The second kappa shape index (κ2) is 8.00. The number of hydrogen-bond acceptors (Lipinski definition) is 5. The van der Waals surface area contributed by atoms with Crippen molar-refractivity contribution >= 4 is 23.5 Å². The maximum absolute atomic E-state index is 12.8. The molecule has 0 bridgehead atoms. The van der Waals surface area contributed by atoms with E-state index in [-0.39, 0.29) is 30.2 Å². The quantitative estimate of drug-likeness (QED) is 0.719. The molecule has 1 saturated heterocycles. The van der Waals surface area contributed by atoms with Gasteiger partial charge >= 0.3 is 0 Å². The normalized spacial score (nSPS) is 26.2. The van der Waals surface area contributed by atoms with E-state index >= 15 is 0 Å². The first kappa shape index (κ1) is 19.7. The second-order valence-electron chi connectivity index (χ2n) is 8.42. The molecule has 3 aliphatic rings. The van der Waals surface area contributed by atoms with Crippen molar-refractivity contribution in [1.82, 2.24) is 20.5 Å². The van der Waals surface area contributed by atoms with Gasteiger partial charge in [0.15, 0.2) is 0 Å². The highest BCUT2D eigenvalue weighted by atomic mass is 16.2. The Kier molecular flexibility index (Phi) is 5.43. The van der Waals surface area contributed by atoms with Crippen molar-refractivity contribution in [2.45, 2.75) is 76.0 Å². The summed E-state index contributed by atoms with van der Waals surface area (Å²) in [4.78, 5) is 44.0. The van der Waals surface area contributed by atoms with Crippen LogP contribution in [0.1, 0.15) is 68.6 Å². The van der Waals surface area contributed by atoms with Gasteiger partial charge in [0.25, 0.3) is 5.91 Å². The Morgan fingerprint density at radius 2 is 2.03 bits per heavy atom. The van der Waals surface area contributed by atoms with E-state index in [1.54, 1.807) is 30.2 Å². The molecule has 29 heavy (non-hydrogen) atoms. The van der Waals surface area contributed by atoms with E-state index < -0.39 is 11.7 Å². The fourth-order valence-corrected chi connectivity index (χ4v) is 4.63. The molecule has 3 N–H and O–H groups in total. The van der Waals surface area contributed by atoms with Crippen molar-refractivity contribution in [3.05, 3.63) is 23.9 Å². The van der Waals surface area contributed by atoms with Crippen LogP contribution in [0.5, 0.6) is 0 Å². The minimum atomic E-state index is -0.720. The van der Waals surface area contributed by atoms with Gasteiger partial charge in [0.2, 0.25) is 11.8 Å². The maximum atomic E-state index is 12.8. The summed E-state index contributed by atoms with van der Waals surface area (Å²) in [5.41, 5.74) is -0.214. The molecule has 8 heteroatoms. The topological polar surface area (TPSA) is 103 Å². The van der Waals surface area contributed by atoms with Crippen molar-refractivity contribution in [3.8, 4) is 0 Å². The summed E-state index contributed by atoms with van der Waals surface area (Å²) in [5, 5.41) is 9.49. The van der Waals surface area contributed by atoms with Crippen LogP contribution in [0.25, 0.3) is 0 Å². The molecule has 1 aliphatic carbocycles. The summed E-state index contributed by atoms with van der Waals surface area (Å²) < 4.78 is 0. The van der Waals surface area contributed by atoms with E-state index in [1.165, 1.54) is 6.42 Å². The number of anilines is 1. The predicted octanol–water partition coefficient (Wildman–Crippen LogP) is 1.78. The Balaban J connectivity index is 1.43. The van der Waals surface area contributed by atoms with Crippen molar-refractivity contribution in [2.24, 2.45) is 0 Å². The lowest BCUT2D eigenvalue weighted by atomic mass is 9.95. The average molecular weight is 399 g/mol.